The molecule has 4 nitrogen and oxygen atoms in total. The lowest BCUT2D eigenvalue weighted by molar-refractivity contribution is 0.249. The van der Waals surface area contributed by atoms with Gasteiger partial charge in [-0.15, -0.1) is 0 Å². The fraction of sp³-hybridized carbons (Fsp3) is 0.750. The maximum absolute atomic E-state index is 4.39. The smallest absolute Gasteiger partial charge is 0.122 e. The van der Waals surface area contributed by atoms with E-state index in [4.69, 9.17) is 0 Å². The summed E-state index contributed by atoms with van der Waals surface area (Å²) in [7, 11) is 2.07. The van der Waals surface area contributed by atoms with E-state index in [1.165, 1.54) is 19.4 Å². The highest BCUT2D eigenvalue weighted by atomic mass is 15.2. The van der Waals surface area contributed by atoms with Crippen LogP contribution in [0.25, 0.3) is 0 Å². The molecular weight excluding hydrogens is 200 g/mol. The molecule has 1 unspecified atom stereocenters. The summed E-state index contributed by atoms with van der Waals surface area (Å²) in [6.07, 6.45) is 6.34. The van der Waals surface area contributed by atoms with Crippen molar-refractivity contribution >= 4 is 0 Å². The summed E-state index contributed by atoms with van der Waals surface area (Å²) < 4.78 is 2.11. The van der Waals surface area contributed by atoms with Crippen LogP contribution < -0.4 is 5.32 Å². The summed E-state index contributed by atoms with van der Waals surface area (Å²) in [6.45, 7) is 6.69. The molecule has 1 aromatic rings. The Morgan fingerprint density at radius 1 is 1.56 bits per heavy atom. The minimum atomic E-state index is 0.641. The van der Waals surface area contributed by atoms with Crippen LogP contribution in [0.2, 0.25) is 0 Å². The number of aryl methyl sites for hydroxylation is 1. The van der Waals surface area contributed by atoms with E-state index in [0.29, 0.717) is 6.04 Å². The zero-order valence-corrected chi connectivity index (χ0v) is 10.3. The van der Waals surface area contributed by atoms with Crippen LogP contribution in [0.4, 0.5) is 0 Å². The lowest BCUT2D eigenvalue weighted by atomic mass is 10.2. The summed E-state index contributed by atoms with van der Waals surface area (Å²) in [6, 6.07) is 0.641. The second kappa shape index (κ2) is 5.46. The van der Waals surface area contributed by atoms with Crippen LogP contribution in [0, 0.1) is 0 Å². The van der Waals surface area contributed by atoms with Gasteiger partial charge in [0, 0.05) is 32.0 Å². The molecule has 4 heteroatoms. The standard InChI is InChI=1S/C12H22N4/c1-3-11-9-16(7-4-5-13-11)10-12-14-6-8-15(12)2/h6,8,11,13H,3-5,7,9-10H2,1-2H3. The summed E-state index contributed by atoms with van der Waals surface area (Å²) in [5.74, 6) is 1.16. The number of hydrogen-bond acceptors (Lipinski definition) is 3. The van der Waals surface area contributed by atoms with Crippen molar-refractivity contribution in [1.29, 1.82) is 0 Å². The number of nitrogens with one attached hydrogen (secondary N) is 1. The van der Waals surface area contributed by atoms with Gasteiger partial charge < -0.3 is 9.88 Å². The van der Waals surface area contributed by atoms with Crippen LogP contribution >= 0.6 is 0 Å². The van der Waals surface area contributed by atoms with Crippen molar-refractivity contribution < 1.29 is 0 Å². The number of hydrogen-bond donors (Lipinski definition) is 1. The second-order valence-corrected chi connectivity index (χ2v) is 4.60. The first kappa shape index (κ1) is 11.6. The largest absolute Gasteiger partial charge is 0.337 e. The van der Waals surface area contributed by atoms with Gasteiger partial charge in [-0.2, -0.15) is 0 Å². The first-order valence-corrected chi connectivity index (χ1v) is 6.21. The van der Waals surface area contributed by atoms with E-state index in [1.807, 2.05) is 12.4 Å². The predicted molar refractivity (Wildman–Crippen MR) is 65.2 cm³/mol. The molecule has 0 amide bonds. The number of rotatable bonds is 3. The second-order valence-electron chi connectivity index (χ2n) is 4.60. The molecular formula is C12H22N4. The predicted octanol–water partition coefficient (Wildman–Crippen LogP) is 0.994. The van der Waals surface area contributed by atoms with E-state index in [2.05, 4.69) is 33.7 Å². The van der Waals surface area contributed by atoms with E-state index in [0.717, 1.165) is 25.5 Å². The third-order valence-corrected chi connectivity index (χ3v) is 3.34. The Bertz CT molecular complexity index is 321. The summed E-state index contributed by atoms with van der Waals surface area (Å²) in [4.78, 5) is 6.90. The van der Waals surface area contributed by atoms with Gasteiger partial charge in [0.15, 0.2) is 0 Å². The highest BCUT2D eigenvalue weighted by Gasteiger charge is 2.17. The molecule has 1 saturated heterocycles. The van der Waals surface area contributed by atoms with Crippen molar-refractivity contribution in [2.45, 2.75) is 32.4 Å². The summed E-state index contributed by atoms with van der Waals surface area (Å²) >= 11 is 0. The van der Waals surface area contributed by atoms with Gasteiger partial charge in [-0.05, 0) is 25.9 Å². The quantitative estimate of drug-likeness (QED) is 0.828. The summed E-state index contributed by atoms with van der Waals surface area (Å²) in [5, 5.41) is 3.59. The van der Waals surface area contributed by atoms with Crippen LogP contribution in [0.5, 0.6) is 0 Å². The van der Waals surface area contributed by atoms with E-state index >= 15 is 0 Å². The molecule has 1 aromatic heterocycles. The van der Waals surface area contributed by atoms with Gasteiger partial charge in [-0.3, -0.25) is 4.90 Å². The monoisotopic (exact) mass is 222 g/mol. The Kier molecular flexibility index (Phi) is 3.96. The van der Waals surface area contributed by atoms with Gasteiger partial charge in [0.25, 0.3) is 0 Å². The van der Waals surface area contributed by atoms with E-state index in [9.17, 15) is 0 Å². The van der Waals surface area contributed by atoms with Gasteiger partial charge in [0.1, 0.15) is 5.82 Å². The van der Waals surface area contributed by atoms with Crippen LogP contribution in [0.15, 0.2) is 12.4 Å². The Balaban J connectivity index is 1.95. The Morgan fingerprint density at radius 2 is 2.44 bits per heavy atom. The van der Waals surface area contributed by atoms with Crippen molar-refractivity contribution in [3.8, 4) is 0 Å². The molecule has 2 heterocycles. The maximum atomic E-state index is 4.39. The zero-order chi connectivity index (χ0) is 11.4. The topological polar surface area (TPSA) is 33.1 Å². The van der Waals surface area contributed by atoms with Gasteiger partial charge in [-0.25, -0.2) is 4.98 Å². The molecule has 0 aliphatic carbocycles. The number of nitrogens with zero attached hydrogens (tertiary/aromatic N) is 3. The average Bonchev–Trinajstić information content (AvgIpc) is 2.55. The first-order chi connectivity index (χ1) is 7.79. The van der Waals surface area contributed by atoms with Crippen LogP contribution in [-0.2, 0) is 13.6 Å². The Labute approximate surface area is 97.7 Å². The van der Waals surface area contributed by atoms with Crippen LogP contribution in [0.1, 0.15) is 25.6 Å². The van der Waals surface area contributed by atoms with Crippen LogP contribution in [0.3, 0.4) is 0 Å². The molecule has 0 bridgehead atoms. The molecule has 1 N–H and O–H groups in total. The normalized spacial score (nSPS) is 23.2. The van der Waals surface area contributed by atoms with Crippen molar-refractivity contribution in [2.24, 2.45) is 7.05 Å². The van der Waals surface area contributed by atoms with Crippen molar-refractivity contribution in [3.05, 3.63) is 18.2 Å². The van der Waals surface area contributed by atoms with E-state index in [1.54, 1.807) is 0 Å². The third kappa shape index (κ3) is 2.83. The van der Waals surface area contributed by atoms with E-state index in [-0.39, 0.29) is 0 Å². The molecule has 1 atom stereocenters. The minimum absolute atomic E-state index is 0.641. The molecule has 0 saturated carbocycles. The summed E-state index contributed by atoms with van der Waals surface area (Å²) in [5.41, 5.74) is 0. The van der Waals surface area contributed by atoms with Crippen molar-refractivity contribution in [1.82, 2.24) is 19.8 Å². The maximum Gasteiger partial charge on any atom is 0.122 e. The number of aromatic nitrogens is 2. The highest BCUT2D eigenvalue weighted by molar-refractivity contribution is 4.91. The molecule has 16 heavy (non-hydrogen) atoms. The molecule has 2 rings (SSSR count). The van der Waals surface area contributed by atoms with Crippen LogP contribution in [-0.4, -0.2) is 40.1 Å². The third-order valence-electron chi connectivity index (χ3n) is 3.34. The molecule has 90 valence electrons. The average molecular weight is 222 g/mol. The minimum Gasteiger partial charge on any atom is -0.337 e. The Morgan fingerprint density at radius 3 is 3.12 bits per heavy atom. The fourth-order valence-electron chi connectivity index (χ4n) is 2.24. The molecule has 1 fully saturated rings. The zero-order valence-electron chi connectivity index (χ0n) is 10.3. The SMILES string of the molecule is CCC1CN(Cc2nccn2C)CCCN1. The van der Waals surface area contributed by atoms with Crippen molar-refractivity contribution in [2.75, 3.05) is 19.6 Å². The lowest BCUT2D eigenvalue weighted by Crippen LogP contribution is -2.37. The fourth-order valence-corrected chi connectivity index (χ4v) is 2.24. The van der Waals surface area contributed by atoms with Gasteiger partial charge in [0.2, 0.25) is 0 Å². The molecule has 1 aliphatic rings. The molecule has 0 radical (unpaired) electrons. The lowest BCUT2D eigenvalue weighted by Gasteiger charge is -2.23. The van der Waals surface area contributed by atoms with Gasteiger partial charge >= 0.3 is 0 Å². The van der Waals surface area contributed by atoms with E-state index < -0.39 is 0 Å². The molecule has 0 aromatic carbocycles. The van der Waals surface area contributed by atoms with Gasteiger partial charge in [-0.1, -0.05) is 6.92 Å². The van der Waals surface area contributed by atoms with Gasteiger partial charge in [0.05, 0.1) is 6.54 Å². The first-order valence-electron chi connectivity index (χ1n) is 6.21. The van der Waals surface area contributed by atoms with Crippen molar-refractivity contribution in [3.63, 3.8) is 0 Å². The Hall–Kier alpha value is -0.870. The number of imidazole rings is 1. The highest BCUT2D eigenvalue weighted by Crippen LogP contribution is 2.07. The molecule has 0 spiro atoms. The molecule has 1 aliphatic heterocycles.